The highest BCUT2D eigenvalue weighted by Crippen LogP contribution is 2.34. The van der Waals surface area contributed by atoms with Crippen LogP contribution < -0.4 is 15.8 Å². The first-order valence-corrected chi connectivity index (χ1v) is 9.73. The summed E-state index contributed by atoms with van der Waals surface area (Å²) in [7, 11) is 0. The Morgan fingerprint density at radius 1 is 1.13 bits per heavy atom. The molecule has 2 aromatic carbocycles. The van der Waals surface area contributed by atoms with E-state index >= 15 is 0 Å². The van der Waals surface area contributed by atoms with Crippen molar-refractivity contribution in [3.8, 4) is 16.9 Å². The molecule has 0 saturated carbocycles. The van der Waals surface area contributed by atoms with E-state index in [0.29, 0.717) is 25.5 Å². The summed E-state index contributed by atoms with van der Waals surface area (Å²) >= 11 is 0. The van der Waals surface area contributed by atoms with Crippen LogP contribution in [0.1, 0.15) is 12.5 Å². The lowest BCUT2D eigenvalue weighted by atomic mass is 10.1. The molecule has 7 nitrogen and oxygen atoms in total. The highest BCUT2D eigenvalue weighted by Gasteiger charge is 2.15. The van der Waals surface area contributed by atoms with E-state index in [2.05, 4.69) is 15.3 Å². The molecule has 0 spiro atoms. The van der Waals surface area contributed by atoms with Crippen molar-refractivity contribution < 1.29 is 9.53 Å². The monoisotopic (exact) mass is 401 g/mol. The predicted molar refractivity (Wildman–Crippen MR) is 117 cm³/mol. The SMILES string of the molecule is CC(=O)NCCn1cc(-c2cccc(OCc3ccccc3)c2)c2c(N)ncnc21. The molecule has 0 unspecified atom stereocenters. The van der Waals surface area contributed by atoms with Gasteiger partial charge >= 0.3 is 0 Å². The molecule has 0 radical (unpaired) electrons. The minimum atomic E-state index is -0.0657. The summed E-state index contributed by atoms with van der Waals surface area (Å²) in [6.07, 6.45) is 3.45. The van der Waals surface area contributed by atoms with Gasteiger partial charge < -0.3 is 20.4 Å². The van der Waals surface area contributed by atoms with Gasteiger partial charge in [0.05, 0.1) is 5.39 Å². The normalized spacial score (nSPS) is 10.8. The molecule has 0 bridgehead atoms. The van der Waals surface area contributed by atoms with Gasteiger partial charge in [0.25, 0.3) is 0 Å². The van der Waals surface area contributed by atoms with E-state index in [1.807, 2.05) is 65.4 Å². The van der Waals surface area contributed by atoms with Gasteiger partial charge in [0.2, 0.25) is 5.91 Å². The summed E-state index contributed by atoms with van der Waals surface area (Å²) in [4.78, 5) is 19.8. The molecule has 4 aromatic rings. The second kappa shape index (κ2) is 8.65. The van der Waals surface area contributed by atoms with E-state index in [1.165, 1.54) is 13.3 Å². The second-order valence-electron chi connectivity index (χ2n) is 6.98. The van der Waals surface area contributed by atoms with Crippen LogP contribution in [0.2, 0.25) is 0 Å². The van der Waals surface area contributed by atoms with Crippen LogP contribution in [0.15, 0.2) is 67.1 Å². The number of nitrogens with one attached hydrogen (secondary N) is 1. The van der Waals surface area contributed by atoms with Gasteiger partial charge in [-0.1, -0.05) is 42.5 Å². The lowest BCUT2D eigenvalue weighted by Crippen LogP contribution is -2.24. The number of nitrogens with zero attached hydrogens (tertiary/aromatic N) is 3. The Labute approximate surface area is 174 Å². The first kappa shape index (κ1) is 19.4. The Kier molecular flexibility index (Phi) is 5.61. The van der Waals surface area contributed by atoms with Crippen LogP contribution in [0.3, 0.4) is 0 Å². The van der Waals surface area contributed by atoms with Gasteiger partial charge in [-0.2, -0.15) is 0 Å². The maximum atomic E-state index is 11.2. The van der Waals surface area contributed by atoms with E-state index < -0.39 is 0 Å². The number of nitrogen functional groups attached to an aromatic ring is 1. The number of carbonyl (C=O) groups is 1. The Balaban J connectivity index is 1.64. The van der Waals surface area contributed by atoms with E-state index in [0.717, 1.165) is 33.5 Å². The van der Waals surface area contributed by atoms with E-state index in [9.17, 15) is 4.79 Å². The highest BCUT2D eigenvalue weighted by atomic mass is 16.5. The molecule has 0 aliphatic rings. The summed E-state index contributed by atoms with van der Waals surface area (Å²) in [5.74, 6) is 1.12. The zero-order valence-corrected chi connectivity index (χ0v) is 16.7. The molecule has 2 aromatic heterocycles. The number of nitrogens with two attached hydrogens (primary N) is 1. The van der Waals surface area contributed by atoms with Crippen molar-refractivity contribution in [2.24, 2.45) is 0 Å². The topological polar surface area (TPSA) is 95.1 Å². The van der Waals surface area contributed by atoms with Crippen LogP contribution in [0, 0.1) is 0 Å². The van der Waals surface area contributed by atoms with Crippen molar-refractivity contribution in [1.29, 1.82) is 0 Å². The van der Waals surface area contributed by atoms with Crippen LogP contribution >= 0.6 is 0 Å². The van der Waals surface area contributed by atoms with Gasteiger partial charge in [0.15, 0.2) is 0 Å². The van der Waals surface area contributed by atoms with Crippen LogP contribution in [0.5, 0.6) is 5.75 Å². The lowest BCUT2D eigenvalue weighted by molar-refractivity contribution is -0.118. The van der Waals surface area contributed by atoms with Gasteiger partial charge in [-0.25, -0.2) is 9.97 Å². The zero-order valence-electron chi connectivity index (χ0n) is 16.7. The quantitative estimate of drug-likeness (QED) is 0.495. The van der Waals surface area contributed by atoms with Crippen molar-refractivity contribution in [2.45, 2.75) is 20.1 Å². The molecule has 3 N–H and O–H groups in total. The maximum absolute atomic E-state index is 11.2. The largest absolute Gasteiger partial charge is 0.489 e. The fraction of sp³-hybridized carbons (Fsp3) is 0.174. The van der Waals surface area contributed by atoms with Gasteiger partial charge in [0.1, 0.15) is 30.1 Å². The molecule has 0 aliphatic carbocycles. The average molecular weight is 401 g/mol. The molecule has 0 atom stereocenters. The highest BCUT2D eigenvalue weighted by molar-refractivity contribution is 6.00. The third kappa shape index (κ3) is 4.25. The smallest absolute Gasteiger partial charge is 0.216 e. The molecule has 7 heteroatoms. The summed E-state index contributed by atoms with van der Waals surface area (Å²) < 4.78 is 7.96. The Morgan fingerprint density at radius 2 is 1.97 bits per heavy atom. The van der Waals surface area contributed by atoms with E-state index in [-0.39, 0.29) is 5.91 Å². The number of fused-ring (bicyclic) bond motifs is 1. The number of hydrogen-bond donors (Lipinski definition) is 2. The molecule has 30 heavy (non-hydrogen) atoms. The predicted octanol–water partition coefficient (Wildman–Crippen LogP) is 3.40. The summed E-state index contributed by atoms with van der Waals surface area (Å²) in [5, 5.41) is 3.60. The minimum Gasteiger partial charge on any atom is -0.489 e. The molecule has 4 rings (SSSR count). The Hall–Kier alpha value is -3.87. The van der Waals surface area contributed by atoms with Crippen LogP contribution in [0.4, 0.5) is 5.82 Å². The minimum absolute atomic E-state index is 0.0657. The molecule has 152 valence electrons. The first-order valence-electron chi connectivity index (χ1n) is 9.73. The first-order chi connectivity index (χ1) is 14.6. The van der Waals surface area contributed by atoms with Crippen LogP contribution in [-0.4, -0.2) is 27.0 Å². The van der Waals surface area contributed by atoms with Gasteiger partial charge in [0, 0.05) is 31.8 Å². The number of carbonyl (C=O) groups excluding carboxylic acids is 1. The van der Waals surface area contributed by atoms with E-state index in [1.54, 1.807) is 0 Å². The van der Waals surface area contributed by atoms with Gasteiger partial charge in [-0.3, -0.25) is 4.79 Å². The lowest BCUT2D eigenvalue weighted by Gasteiger charge is -2.08. The van der Waals surface area contributed by atoms with Crippen molar-refractivity contribution in [1.82, 2.24) is 19.9 Å². The molecular weight excluding hydrogens is 378 g/mol. The van der Waals surface area contributed by atoms with Crippen LogP contribution in [-0.2, 0) is 17.9 Å². The van der Waals surface area contributed by atoms with Crippen molar-refractivity contribution in [2.75, 3.05) is 12.3 Å². The summed E-state index contributed by atoms with van der Waals surface area (Å²) in [6, 6.07) is 17.9. The fourth-order valence-corrected chi connectivity index (χ4v) is 3.38. The zero-order chi connectivity index (χ0) is 20.9. The molecule has 0 fully saturated rings. The third-order valence-electron chi connectivity index (χ3n) is 4.80. The standard InChI is InChI=1S/C23H23N5O2/c1-16(29)25-10-11-28-13-20(21-22(24)26-15-27-23(21)28)18-8-5-9-19(12-18)30-14-17-6-3-2-4-7-17/h2-9,12-13,15H,10-11,14H2,1H3,(H,25,29)(H2,24,26,27). The number of ether oxygens (including phenoxy) is 1. The Morgan fingerprint density at radius 3 is 2.77 bits per heavy atom. The number of benzene rings is 2. The number of anilines is 1. The average Bonchev–Trinajstić information content (AvgIpc) is 3.13. The molecule has 0 aliphatic heterocycles. The van der Waals surface area contributed by atoms with E-state index in [4.69, 9.17) is 10.5 Å². The number of hydrogen-bond acceptors (Lipinski definition) is 5. The molecular formula is C23H23N5O2. The van der Waals surface area contributed by atoms with Crippen molar-refractivity contribution in [3.63, 3.8) is 0 Å². The fourth-order valence-electron chi connectivity index (χ4n) is 3.38. The Bertz CT molecular complexity index is 1170. The molecule has 2 heterocycles. The van der Waals surface area contributed by atoms with Crippen LogP contribution in [0.25, 0.3) is 22.2 Å². The van der Waals surface area contributed by atoms with Crippen molar-refractivity contribution >= 4 is 22.8 Å². The van der Waals surface area contributed by atoms with Crippen molar-refractivity contribution in [3.05, 3.63) is 72.7 Å². The molecule has 0 saturated heterocycles. The third-order valence-corrected chi connectivity index (χ3v) is 4.80. The molecule has 1 amide bonds. The number of aromatic nitrogens is 3. The maximum Gasteiger partial charge on any atom is 0.216 e. The number of amides is 1. The summed E-state index contributed by atoms with van der Waals surface area (Å²) in [6.45, 7) is 3.08. The van der Waals surface area contributed by atoms with Gasteiger partial charge in [-0.15, -0.1) is 0 Å². The number of rotatable bonds is 7. The van der Waals surface area contributed by atoms with Gasteiger partial charge in [-0.05, 0) is 23.3 Å². The summed E-state index contributed by atoms with van der Waals surface area (Å²) in [5.41, 5.74) is 9.92. The second-order valence-corrected chi connectivity index (χ2v) is 6.98.